The van der Waals surface area contributed by atoms with Crippen LogP contribution in [0.3, 0.4) is 0 Å². The molecule has 130 valence electrons. The largest absolute Gasteiger partial charge is 0.466 e. The van der Waals surface area contributed by atoms with Crippen molar-refractivity contribution in [2.24, 2.45) is 0 Å². The van der Waals surface area contributed by atoms with Crippen LogP contribution < -0.4 is 14.8 Å². The molecule has 0 radical (unpaired) electrons. The molecule has 2 aromatic carbocycles. The SMILES string of the molecule is COC(=O)C=c1sc(=CC(=O)c2ccccc2)n(-c2ccccc2)c1=O. The number of esters is 1. The van der Waals surface area contributed by atoms with E-state index in [9.17, 15) is 14.4 Å². The minimum absolute atomic E-state index is 0.202. The summed E-state index contributed by atoms with van der Waals surface area (Å²) in [4.78, 5) is 36.8. The molecule has 0 amide bonds. The summed E-state index contributed by atoms with van der Waals surface area (Å²) < 4.78 is 6.66. The Bertz CT molecular complexity index is 1110. The Morgan fingerprint density at radius 1 is 0.962 bits per heavy atom. The lowest BCUT2D eigenvalue weighted by atomic mass is 10.1. The number of methoxy groups -OCH3 is 1. The van der Waals surface area contributed by atoms with Gasteiger partial charge in [-0.05, 0) is 12.1 Å². The van der Waals surface area contributed by atoms with Crippen LogP contribution in [0.2, 0.25) is 0 Å². The maximum absolute atomic E-state index is 12.8. The lowest BCUT2D eigenvalue weighted by Gasteiger charge is -2.01. The van der Waals surface area contributed by atoms with Gasteiger partial charge in [0.25, 0.3) is 5.56 Å². The third-order valence-corrected chi connectivity index (χ3v) is 4.65. The zero-order valence-electron chi connectivity index (χ0n) is 13.9. The van der Waals surface area contributed by atoms with Crippen LogP contribution in [0.15, 0.2) is 65.5 Å². The topological polar surface area (TPSA) is 65.4 Å². The van der Waals surface area contributed by atoms with Crippen LogP contribution in [0.1, 0.15) is 10.4 Å². The number of hydrogen-bond acceptors (Lipinski definition) is 5. The number of ketones is 1. The lowest BCUT2D eigenvalue weighted by Crippen LogP contribution is -2.30. The smallest absolute Gasteiger partial charge is 0.332 e. The Hall–Kier alpha value is -3.25. The number of rotatable bonds is 4. The molecule has 5 nitrogen and oxygen atoms in total. The van der Waals surface area contributed by atoms with Crippen LogP contribution >= 0.6 is 11.3 Å². The molecule has 0 unspecified atom stereocenters. The van der Waals surface area contributed by atoms with Gasteiger partial charge >= 0.3 is 5.97 Å². The summed E-state index contributed by atoms with van der Waals surface area (Å²) in [6, 6.07) is 17.7. The number of benzene rings is 2. The fourth-order valence-corrected chi connectivity index (χ4v) is 3.39. The highest BCUT2D eigenvalue weighted by Crippen LogP contribution is 2.03. The van der Waals surface area contributed by atoms with Crippen LogP contribution in [-0.2, 0) is 9.53 Å². The number of carbonyl (C=O) groups excluding carboxylic acids is 2. The zero-order chi connectivity index (χ0) is 18.5. The van der Waals surface area contributed by atoms with Gasteiger partial charge in [0.2, 0.25) is 0 Å². The molecule has 6 heteroatoms. The highest BCUT2D eigenvalue weighted by atomic mass is 32.1. The average molecular weight is 365 g/mol. The zero-order valence-corrected chi connectivity index (χ0v) is 14.7. The fourth-order valence-electron chi connectivity index (χ4n) is 2.38. The van der Waals surface area contributed by atoms with E-state index in [0.29, 0.717) is 15.9 Å². The van der Waals surface area contributed by atoms with Crippen molar-refractivity contribution in [3.05, 3.63) is 85.8 Å². The molecule has 0 fully saturated rings. The number of nitrogens with zero attached hydrogens (tertiary/aromatic N) is 1. The van der Waals surface area contributed by atoms with Gasteiger partial charge in [-0.2, -0.15) is 0 Å². The minimum atomic E-state index is -0.621. The standard InChI is InChI=1S/C20H15NO4S/c1-25-19(23)13-17-20(24)21(15-10-6-3-7-11-15)18(26-17)12-16(22)14-8-4-2-5-9-14/h2-13H,1H3. The van der Waals surface area contributed by atoms with Gasteiger partial charge in [-0.3, -0.25) is 14.2 Å². The number of hydrogen-bond donors (Lipinski definition) is 0. The van der Waals surface area contributed by atoms with E-state index >= 15 is 0 Å². The first-order chi connectivity index (χ1) is 12.6. The average Bonchev–Trinajstić information content (AvgIpc) is 2.97. The summed E-state index contributed by atoms with van der Waals surface area (Å²) in [5.41, 5.74) is 0.760. The monoisotopic (exact) mass is 365 g/mol. The van der Waals surface area contributed by atoms with E-state index in [-0.39, 0.29) is 15.9 Å². The van der Waals surface area contributed by atoms with Crippen molar-refractivity contribution < 1.29 is 14.3 Å². The molecule has 3 rings (SSSR count). The number of Topliss-reactive ketones (excluding diaryl/α,β-unsaturated/α-hetero) is 1. The van der Waals surface area contributed by atoms with E-state index in [1.54, 1.807) is 48.5 Å². The summed E-state index contributed by atoms with van der Waals surface area (Å²) in [7, 11) is 1.24. The molecule has 3 aromatic rings. The van der Waals surface area contributed by atoms with Crippen molar-refractivity contribution >= 4 is 35.2 Å². The highest BCUT2D eigenvalue weighted by Gasteiger charge is 2.10. The molecule has 1 heterocycles. The molecule has 0 saturated heterocycles. The van der Waals surface area contributed by atoms with Crippen molar-refractivity contribution in [2.75, 3.05) is 7.11 Å². The van der Waals surface area contributed by atoms with E-state index in [2.05, 4.69) is 4.74 Å². The van der Waals surface area contributed by atoms with Crippen molar-refractivity contribution in [3.63, 3.8) is 0 Å². The molecule has 0 aliphatic carbocycles. The maximum atomic E-state index is 12.8. The van der Waals surface area contributed by atoms with Crippen molar-refractivity contribution in [2.45, 2.75) is 0 Å². The molecule has 0 saturated carbocycles. The molecule has 0 bridgehead atoms. The maximum Gasteiger partial charge on any atom is 0.332 e. The summed E-state index contributed by atoms with van der Waals surface area (Å²) in [6.07, 6.45) is 2.54. The fraction of sp³-hybridized carbons (Fsp3) is 0.0500. The van der Waals surface area contributed by atoms with Crippen LogP contribution in [0.4, 0.5) is 0 Å². The second-order valence-corrected chi connectivity index (χ2v) is 6.39. The summed E-state index contributed by atoms with van der Waals surface area (Å²) >= 11 is 1.07. The third kappa shape index (κ3) is 3.70. The predicted octanol–water partition coefficient (Wildman–Crippen LogP) is 1.52. The van der Waals surface area contributed by atoms with Crippen LogP contribution in [0.25, 0.3) is 17.8 Å². The van der Waals surface area contributed by atoms with E-state index in [1.807, 2.05) is 12.1 Å². The molecule has 0 aliphatic heterocycles. The van der Waals surface area contributed by atoms with Crippen LogP contribution in [0.5, 0.6) is 0 Å². The lowest BCUT2D eigenvalue weighted by molar-refractivity contribution is -0.133. The first-order valence-corrected chi connectivity index (χ1v) is 8.60. The predicted molar refractivity (Wildman–Crippen MR) is 101 cm³/mol. The molecule has 26 heavy (non-hydrogen) atoms. The Morgan fingerprint density at radius 3 is 2.19 bits per heavy atom. The molecule has 0 spiro atoms. The number of ether oxygens (including phenoxy) is 1. The van der Waals surface area contributed by atoms with Gasteiger partial charge in [0.05, 0.1) is 12.8 Å². The number of para-hydroxylation sites is 1. The van der Waals surface area contributed by atoms with E-state index < -0.39 is 5.97 Å². The molecule has 0 N–H and O–H groups in total. The Morgan fingerprint density at radius 2 is 1.58 bits per heavy atom. The highest BCUT2D eigenvalue weighted by molar-refractivity contribution is 7.07. The molecule has 0 atom stereocenters. The van der Waals surface area contributed by atoms with Crippen molar-refractivity contribution in [1.82, 2.24) is 4.57 Å². The Kier molecular flexibility index (Phi) is 5.24. The summed E-state index contributed by atoms with van der Waals surface area (Å²) in [5.74, 6) is -0.842. The first kappa shape index (κ1) is 17.6. The van der Waals surface area contributed by atoms with Gasteiger partial charge in [-0.1, -0.05) is 48.5 Å². The molecular formula is C20H15NO4S. The van der Waals surface area contributed by atoms with Gasteiger partial charge < -0.3 is 4.74 Å². The third-order valence-electron chi connectivity index (χ3n) is 3.63. The summed E-state index contributed by atoms with van der Waals surface area (Å²) in [6.45, 7) is 0. The second kappa shape index (κ2) is 7.76. The van der Waals surface area contributed by atoms with Gasteiger partial charge in [0.1, 0.15) is 9.20 Å². The minimum Gasteiger partial charge on any atom is -0.466 e. The normalized spacial score (nSPS) is 12.2. The van der Waals surface area contributed by atoms with Gasteiger partial charge in [-0.15, -0.1) is 11.3 Å². The second-order valence-electron chi connectivity index (χ2n) is 5.32. The quantitative estimate of drug-likeness (QED) is 0.519. The number of carbonyl (C=O) groups is 2. The Labute approximate surface area is 153 Å². The molecular weight excluding hydrogens is 350 g/mol. The van der Waals surface area contributed by atoms with Crippen molar-refractivity contribution in [3.8, 4) is 5.69 Å². The number of thiazole rings is 1. The first-order valence-electron chi connectivity index (χ1n) is 7.78. The van der Waals surface area contributed by atoms with Crippen molar-refractivity contribution in [1.29, 1.82) is 0 Å². The Balaban J connectivity index is 2.24. The van der Waals surface area contributed by atoms with Gasteiger partial charge in [0, 0.05) is 17.7 Å². The summed E-state index contributed by atoms with van der Waals surface area (Å²) in [5, 5.41) is 0. The van der Waals surface area contributed by atoms with E-state index in [4.69, 9.17) is 0 Å². The van der Waals surface area contributed by atoms with Crippen LogP contribution in [0, 0.1) is 0 Å². The van der Waals surface area contributed by atoms with E-state index in [0.717, 1.165) is 17.4 Å². The number of aromatic nitrogens is 1. The van der Waals surface area contributed by atoms with Gasteiger partial charge in [0.15, 0.2) is 5.78 Å². The molecule has 0 aliphatic rings. The van der Waals surface area contributed by atoms with Crippen LogP contribution in [-0.4, -0.2) is 23.4 Å². The van der Waals surface area contributed by atoms with Gasteiger partial charge in [-0.25, -0.2) is 4.79 Å². The molecule has 1 aromatic heterocycles. The van der Waals surface area contributed by atoms with E-state index in [1.165, 1.54) is 17.8 Å².